The van der Waals surface area contributed by atoms with Crippen LogP contribution in [0.4, 0.5) is 0 Å². The Morgan fingerprint density at radius 2 is 1.56 bits per heavy atom. The first-order chi connectivity index (χ1) is 13.0. The number of rotatable bonds is 6. The highest BCUT2D eigenvalue weighted by Gasteiger charge is 2.40. The molecule has 1 aliphatic heterocycles. The second kappa shape index (κ2) is 8.35. The molecule has 0 saturated carbocycles. The van der Waals surface area contributed by atoms with Crippen LogP contribution in [0.5, 0.6) is 0 Å². The molecule has 5 nitrogen and oxygen atoms in total. The van der Waals surface area contributed by atoms with Gasteiger partial charge in [-0.15, -0.1) is 0 Å². The third-order valence-corrected chi connectivity index (χ3v) is 5.40. The smallest absolute Gasteiger partial charge is 0.326 e. The molecule has 142 valence electrons. The Labute approximate surface area is 160 Å². The summed E-state index contributed by atoms with van der Waals surface area (Å²) < 4.78 is 0. The van der Waals surface area contributed by atoms with Crippen LogP contribution in [0.2, 0.25) is 0 Å². The molecule has 1 heterocycles. The van der Waals surface area contributed by atoms with Gasteiger partial charge in [-0.2, -0.15) is 0 Å². The van der Waals surface area contributed by atoms with Crippen molar-refractivity contribution >= 4 is 11.9 Å². The van der Waals surface area contributed by atoms with Gasteiger partial charge in [0.05, 0.1) is 0 Å². The molecule has 0 spiro atoms. The SMILES string of the molecule is CN(C)[C@@H]1C[C@@H](C(=O)O)N(C(=O)CC(c2ccccc2)c2ccccc2)C1. The first kappa shape index (κ1) is 19.1. The number of amides is 1. The van der Waals surface area contributed by atoms with Gasteiger partial charge in [-0.25, -0.2) is 4.79 Å². The van der Waals surface area contributed by atoms with Crippen LogP contribution in [0, 0.1) is 0 Å². The molecule has 2 aromatic rings. The summed E-state index contributed by atoms with van der Waals surface area (Å²) in [7, 11) is 3.85. The Kier molecular flexibility index (Phi) is 5.91. The number of hydrogen-bond acceptors (Lipinski definition) is 3. The molecule has 1 amide bonds. The number of carbonyl (C=O) groups is 2. The van der Waals surface area contributed by atoms with Gasteiger partial charge in [0.1, 0.15) is 6.04 Å². The molecule has 3 rings (SSSR count). The van der Waals surface area contributed by atoms with Gasteiger partial charge in [0, 0.05) is 24.9 Å². The second-order valence-electron chi connectivity index (χ2n) is 7.33. The topological polar surface area (TPSA) is 60.9 Å². The zero-order valence-electron chi connectivity index (χ0n) is 15.8. The summed E-state index contributed by atoms with van der Waals surface area (Å²) in [5, 5.41) is 9.59. The van der Waals surface area contributed by atoms with Gasteiger partial charge in [0.15, 0.2) is 0 Å². The van der Waals surface area contributed by atoms with Gasteiger partial charge in [0.25, 0.3) is 0 Å². The minimum absolute atomic E-state index is 0.0713. The Morgan fingerprint density at radius 1 is 1.04 bits per heavy atom. The molecular formula is C22H26N2O3. The third-order valence-electron chi connectivity index (χ3n) is 5.40. The van der Waals surface area contributed by atoms with E-state index in [0.29, 0.717) is 13.0 Å². The fourth-order valence-electron chi connectivity index (χ4n) is 3.79. The summed E-state index contributed by atoms with van der Waals surface area (Å²) in [5.74, 6) is -1.12. The van der Waals surface area contributed by atoms with Crippen molar-refractivity contribution in [2.24, 2.45) is 0 Å². The maximum Gasteiger partial charge on any atom is 0.326 e. The lowest BCUT2D eigenvalue weighted by atomic mass is 9.88. The highest BCUT2D eigenvalue weighted by molar-refractivity contribution is 5.85. The molecule has 5 heteroatoms. The van der Waals surface area contributed by atoms with Crippen LogP contribution < -0.4 is 0 Å². The van der Waals surface area contributed by atoms with Crippen LogP contribution in [0.25, 0.3) is 0 Å². The van der Waals surface area contributed by atoms with E-state index >= 15 is 0 Å². The number of benzene rings is 2. The van der Waals surface area contributed by atoms with E-state index in [1.165, 1.54) is 0 Å². The summed E-state index contributed by atoms with van der Waals surface area (Å²) in [6.07, 6.45) is 0.730. The molecule has 1 fully saturated rings. The van der Waals surface area contributed by atoms with Crippen LogP contribution in [-0.2, 0) is 9.59 Å². The van der Waals surface area contributed by atoms with Gasteiger partial charge in [0.2, 0.25) is 5.91 Å². The zero-order chi connectivity index (χ0) is 19.4. The van der Waals surface area contributed by atoms with Crippen molar-refractivity contribution < 1.29 is 14.7 Å². The van der Waals surface area contributed by atoms with Crippen molar-refractivity contribution in [2.75, 3.05) is 20.6 Å². The number of aliphatic carboxylic acids is 1. The predicted octanol–water partition coefficient (Wildman–Crippen LogP) is 2.82. The molecule has 1 aliphatic rings. The van der Waals surface area contributed by atoms with Crippen molar-refractivity contribution in [3.63, 3.8) is 0 Å². The zero-order valence-corrected chi connectivity index (χ0v) is 15.8. The molecular weight excluding hydrogens is 340 g/mol. The Morgan fingerprint density at radius 3 is 2.00 bits per heavy atom. The number of likely N-dealkylation sites (N-methyl/N-ethyl adjacent to an activating group) is 1. The van der Waals surface area contributed by atoms with E-state index in [1.807, 2.05) is 79.7 Å². The number of hydrogen-bond donors (Lipinski definition) is 1. The van der Waals surface area contributed by atoms with Crippen molar-refractivity contribution in [2.45, 2.75) is 30.8 Å². The average molecular weight is 366 g/mol. The van der Waals surface area contributed by atoms with E-state index in [4.69, 9.17) is 0 Å². The van der Waals surface area contributed by atoms with Gasteiger partial charge >= 0.3 is 5.97 Å². The van der Waals surface area contributed by atoms with Gasteiger partial charge < -0.3 is 14.9 Å². The Bertz CT molecular complexity index is 737. The Balaban J connectivity index is 1.85. The van der Waals surface area contributed by atoms with Crippen LogP contribution in [0.1, 0.15) is 29.9 Å². The molecule has 1 N–H and O–H groups in total. The quantitative estimate of drug-likeness (QED) is 0.854. The van der Waals surface area contributed by atoms with E-state index in [-0.39, 0.29) is 24.3 Å². The first-order valence-electron chi connectivity index (χ1n) is 9.26. The summed E-state index contributed by atoms with van der Waals surface area (Å²) in [6.45, 7) is 0.457. The van der Waals surface area contributed by atoms with Crippen molar-refractivity contribution in [1.82, 2.24) is 9.80 Å². The molecule has 2 aromatic carbocycles. The predicted molar refractivity (Wildman–Crippen MR) is 105 cm³/mol. The van der Waals surface area contributed by atoms with E-state index in [9.17, 15) is 14.7 Å². The normalized spacial score (nSPS) is 19.6. The van der Waals surface area contributed by atoms with Gasteiger partial charge in [-0.05, 0) is 31.6 Å². The lowest BCUT2D eigenvalue weighted by molar-refractivity contribution is -0.148. The van der Waals surface area contributed by atoms with Gasteiger partial charge in [-0.3, -0.25) is 4.79 Å². The van der Waals surface area contributed by atoms with Crippen molar-refractivity contribution in [1.29, 1.82) is 0 Å². The fourth-order valence-corrected chi connectivity index (χ4v) is 3.79. The molecule has 0 aromatic heterocycles. The Hall–Kier alpha value is -2.66. The van der Waals surface area contributed by atoms with Crippen molar-refractivity contribution in [3.05, 3.63) is 71.8 Å². The van der Waals surface area contributed by atoms with Crippen LogP contribution in [0.3, 0.4) is 0 Å². The van der Waals surface area contributed by atoms with E-state index in [1.54, 1.807) is 4.90 Å². The van der Waals surface area contributed by atoms with Crippen LogP contribution in [-0.4, -0.2) is 59.5 Å². The lowest BCUT2D eigenvalue weighted by Crippen LogP contribution is -2.41. The largest absolute Gasteiger partial charge is 0.480 e. The number of carboxylic acid groups (broad SMARTS) is 1. The van der Waals surface area contributed by atoms with E-state index < -0.39 is 12.0 Å². The minimum atomic E-state index is -0.927. The molecule has 0 unspecified atom stereocenters. The molecule has 0 bridgehead atoms. The maximum atomic E-state index is 13.1. The highest BCUT2D eigenvalue weighted by atomic mass is 16.4. The average Bonchev–Trinajstić information content (AvgIpc) is 3.14. The van der Waals surface area contributed by atoms with E-state index in [2.05, 4.69) is 0 Å². The molecule has 0 aliphatic carbocycles. The fraction of sp³-hybridized carbons (Fsp3) is 0.364. The minimum Gasteiger partial charge on any atom is -0.480 e. The standard InChI is InChI=1S/C22H26N2O3/c1-23(2)18-13-20(22(26)27)24(15-18)21(25)14-19(16-9-5-3-6-10-16)17-11-7-4-8-12-17/h3-12,18-20H,13-15H2,1-2H3,(H,26,27)/t18-,20+/m1/s1. The summed E-state index contributed by atoms with van der Waals surface area (Å²) in [5.41, 5.74) is 2.12. The highest BCUT2D eigenvalue weighted by Crippen LogP contribution is 2.31. The van der Waals surface area contributed by atoms with Crippen LogP contribution in [0.15, 0.2) is 60.7 Å². The molecule has 1 saturated heterocycles. The number of carbonyl (C=O) groups excluding carboxylic acids is 1. The maximum absolute atomic E-state index is 13.1. The van der Waals surface area contributed by atoms with E-state index in [0.717, 1.165) is 11.1 Å². The van der Waals surface area contributed by atoms with Crippen LogP contribution >= 0.6 is 0 Å². The summed E-state index contributed by atoms with van der Waals surface area (Å²) in [6, 6.07) is 19.2. The molecule has 27 heavy (non-hydrogen) atoms. The summed E-state index contributed by atoms with van der Waals surface area (Å²) >= 11 is 0. The molecule has 0 radical (unpaired) electrons. The van der Waals surface area contributed by atoms with Gasteiger partial charge in [-0.1, -0.05) is 60.7 Å². The lowest BCUT2D eigenvalue weighted by Gasteiger charge is -2.25. The number of likely N-dealkylation sites (tertiary alicyclic amines) is 1. The number of carboxylic acids is 1. The number of nitrogens with zero attached hydrogens (tertiary/aromatic N) is 2. The van der Waals surface area contributed by atoms with Crippen molar-refractivity contribution in [3.8, 4) is 0 Å². The third kappa shape index (κ3) is 4.37. The second-order valence-corrected chi connectivity index (χ2v) is 7.33. The molecule has 2 atom stereocenters. The first-order valence-corrected chi connectivity index (χ1v) is 9.26. The summed E-state index contributed by atoms with van der Waals surface area (Å²) in [4.78, 5) is 28.4. The monoisotopic (exact) mass is 366 g/mol.